The lowest BCUT2D eigenvalue weighted by Crippen LogP contribution is -2.40. The van der Waals surface area contributed by atoms with Gasteiger partial charge in [0.05, 0.1) is 0 Å². The summed E-state index contributed by atoms with van der Waals surface area (Å²) in [6.45, 7) is 10.9. The van der Waals surface area contributed by atoms with Crippen LogP contribution in [0.15, 0.2) is 16.9 Å². The molecule has 5 nitrogen and oxygen atoms in total. The van der Waals surface area contributed by atoms with E-state index in [2.05, 4.69) is 25.2 Å². The number of hydrogen-bond acceptors (Lipinski definition) is 3. The lowest BCUT2D eigenvalue weighted by Gasteiger charge is -2.31. The number of nitrogens with zero attached hydrogens (tertiary/aromatic N) is 1. The number of hydrogen-bond donors (Lipinski definition) is 1. The van der Waals surface area contributed by atoms with Crippen molar-refractivity contribution in [2.24, 2.45) is 5.92 Å². The van der Waals surface area contributed by atoms with Crippen LogP contribution in [0.1, 0.15) is 58.2 Å². The smallest absolute Gasteiger partial charge is 0.407 e. The molecule has 5 heteroatoms. The minimum atomic E-state index is -0.496. The van der Waals surface area contributed by atoms with E-state index in [4.69, 9.17) is 4.74 Å². The highest BCUT2D eigenvalue weighted by atomic mass is 16.6. The highest BCUT2D eigenvalue weighted by molar-refractivity contribution is 5.67. The molecule has 23 heavy (non-hydrogen) atoms. The molecule has 1 N–H and O–H groups in total. The fourth-order valence-electron chi connectivity index (χ4n) is 3.12. The maximum absolute atomic E-state index is 12.3. The Kier molecular flexibility index (Phi) is 5.17. The summed E-state index contributed by atoms with van der Waals surface area (Å²) in [4.78, 5) is 24.1. The molecule has 0 fully saturated rings. The average Bonchev–Trinajstić information content (AvgIpc) is 2.44. The van der Waals surface area contributed by atoms with Gasteiger partial charge in [0.25, 0.3) is 5.56 Å². The van der Waals surface area contributed by atoms with Gasteiger partial charge in [-0.1, -0.05) is 13.8 Å². The van der Waals surface area contributed by atoms with Gasteiger partial charge in [-0.15, -0.1) is 0 Å². The molecule has 0 aliphatic carbocycles. The van der Waals surface area contributed by atoms with Gasteiger partial charge in [-0.2, -0.15) is 0 Å². The van der Waals surface area contributed by atoms with Crippen molar-refractivity contribution >= 4 is 6.09 Å². The number of rotatable bonds is 3. The van der Waals surface area contributed by atoms with Crippen LogP contribution in [0.25, 0.3) is 0 Å². The zero-order valence-electron chi connectivity index (χ0n) is 14.8. The van der Waals surface area contributed by atoms with Gasteiger partial charge in [0.15, 0.2) is 0 Å². The Bertz CT molecular complexity index is 628. The number of amides is 1. The number of aromatic nitrogens is 1. The largest absolute Gasteiger partial charge is 0.444 e. The van der Waals surface area contributed by atoms with E-state index in [1.54, 1.807) is 6.07 Å². The predicted octanol–water partition coefficient (Wildman–Crippen LogP) is 3.06. The monoisotopic (exact) mass is 320 g/mol. The van der Waals surface area contributed by atoms with Gasteiger partial charge in [0.2, 0.25) is 0 Å². The Morgan fingerprint density at radius 2 is 2.09 bits per heavy atom. The molecule has 0 saturated carbocycles. The average molecular weight is 320 g/mol. The molecule has 2 rings (SSSR count). The first kappa shape index (κ1) is 17.6. The zero-order chi connectivity index (χ0) is 17.2. The summed E-state index contributed by atoms with van der Waals surface area (Å²) in [6.07, 6.45) is 1.44. The number of aryl methyl sites for hydroxylation is 1. The Morgan fingerprint density at radius 3 is 2.70 bits per heavy atom. The van der Waals surface area contributed by atoms with Gasteiger partial charge in [0.1, 0.15) is 5.60 Å². The normalized spacial score (nSPS) is 20.7. The molecule has 0 bridgehead atoms. The highest BCUT2D eigenvalue weighted by Crippen LogP contribution is 2.29. The van der Waals surface area contributed by atoms with Crippen molar-refractivity contribution in [3.05, 3.63) is 33.7 Å². The number of fused-ring (bicyclic) bond motifs is 1. The first-order valence-electron chi connectivity index (χ1n) is 8.40. The topological polar surface area (TPSA) is 60.3 Å². The van der Waals surface area contributed by atoms with Gasteiger partial charge in [0, 0.05) is 24.8 Å². The molecule has 1 aliphatic heterocycles. The first-order chi connectivity index (χ1) is 10.7. The minimum Gasteiger partial charge on any atom is -0.444 e. The van der Waals surface area contributed by atoms with E-state index < -0.39 is 11.7 Å². The molecule has 1 aliphatic rings. The maximum Gasteiger partial charge on any atom is 0.407 e. The van der Waals surface area contributed by atoms with Crippen LogP contribution in [0.2, 0.25) is 0 Å². The van der Waals surface area contributed by atoms with Gasteiger partial charge in [-0.25, -0.2) is 4.79 Å². The standard InChI is InChI=1S/C18H28N2O3/c1-6-13-8-15-12(2)7-14(11-20(15)16(21)9-13)10-19-17(22)23-18(3,4)5/h8-9,12,14H,6-7,10-11H2,1-5H3,(H,19,22)/t12-,14?/m1/s1. The number of carbonyl (C=O) groups is 1. The summed E-state index contributed by atoms with van der Waals surface area (Å²) in [5.74, 6) is 0.559. The van der Waals surface area contributed by atoms with Crippen LogP contribution in [0.5, 0.6) is 0 Å². The molecule has 0 aromatic carbocycles. The SMILES string of the molecule is CCc1cc2n(c(=O)c1)CC(CNC(=O)OC(C)(C)C)C[C@H]2C. The Labute approximate surface area is 138 Å². The molecule has 1 amide bonds. The van der Waals surface area contributed by atoms with E-state index in [-0.39, 0.29) is 11.5 Å². The second-order valence-corrected chi connectivity index (χ2v) is 7.48. The Morgan fingerprint density at radius 1 is 1.39 bits per heavy atom. The van der Waals surface area contributed by atoms with Crippen LogP contribution in [0.4, 0.5) is 4.79 Å². The van der Waals surface area contributed by atoms with Crippen molar-refractivity contribution in [1.29, 1.82) is 0 Å². The van der Waals surface area contributed by atoms with Crippen molar-refractivity contribution in [3.63, 3.8) is 0 Å². The van der Waals surface area contributed by atoms with Crippen molar-refractivity contribution in [3.8, 4) is 0 Å². The molecule has 2 atom stereocenters. The molecule has 128 valence electrons. The van der Waals surface area contributed by atoms with E-state index in [0.29, 0.717) is 19.0 Å². The molecule has 1 aromatic rings. The van der Waals surface area contributed by atoms with Crippen molar-refractivity contribution < 1.29 is 9.53 Å². The third-order valence-corrected chi connectivity index (χ3v) is 4.19. The molecule has 0 spiro atoms. The fraction of sp³-hybridized carbons (Fsp3) is 0.667. The zero-order valence-corrected chi connectivity index (χ0v) is 14.8. The quantitative estimate of drug-likeness (QED) is 0.931. The summed E-state index contributed by atoms with van der Waals surface area (Å²) >= 11 is 0. The highest BCUT2D eigenvalue weighted by Gasteiger charge is 2.26. The summed E-state index contributed by atoms with van der Waals surface area (Å²) in [5, 5.41) is 2.83. The first-order valence-corrected chi connectivity index (χ1v) is 8.40. The van der Waals surface area contributed by atoms with Crippen LogP contribution < -0.4 is 10.9 Å². The second-order valence-electron chi connectivity index (χ2n) is 7.48. The maximum atomic E-state index is 12.3. The van der Waals surface area contributed by atoms with E-state index >= 15 is 0 Å². The number of ether oxygens (including phenoxy) is 1. The van der Waals surface area contributed by atoms with E-state index in [1.165, 1.54) is 0 Å². The van der Waals surface area contributed by atoms with Gasteiger partial charge < -0.3 is 14.6 Å². The van der Waals surface area contributed by atoms with Crippen molar-refractivity contribution in [2.75, 3.05) is 6.54 Å². The minimum absolute atomic E-state index is 0.0631. The molecule has 0 saturated heterocycles. The van der Waals surface area contributed by atoms with Crippen LogP contribution >= 0.6 is 0 Å². The summed E-state index contributed by atoms with van der Waals surface area (Å²) in [6, 6.07) is 3.86. The predicted molar refractivity (Wildman–Crippen MR) is 90.8 cm³/mol. The van der Waals surface area contributed by atoms with Crippen LogP contribution in [-0.4, -0.2) is 22.8 Å². The third kappa shape index (κ3) is 4.60. The number of nitrogens with one attached hydrogen (secondary N) is 1. The second kappa shape index (κ2) is 6.77. The van der Waals surface area contributed by atoms with Gasteiger partial charge >= 0.3 is 6.09 Å². The van der Waals surface area contributed by atoms with Gasteiger partial charge in [-0.05, 0) is 57.1 Å². The molecule has 0 radical (unpaired) electrons. The fourth-order valence-corrected chi connectivity index (χ4v) is 3.12. The lowest BCUT2D eigenvalue weighted by atomic mass is 9.88. The van der Waals surface area contributed by atoms with E-state index in [1.807, 2.05) is 25.3 Å². The lowest BCUT2D eigenvalue weighted by molar-refractivity contribution is 0.0514. The summed E-state index contributed by atoms with van der Waals surface area (Å²) < 4.78 is 7.12. The van der Waals surface area contributed by atoms with E-state index in [9.17, 15) is 9.59 Å². The number of carbonyl (C=O) groups excluding carboxylic acids is 1. The van der Waals surface area contributed by atoms with Crippen molar-refractivity contribution in [1.82, 2.24) is 9.88 Å². The van der Waals surface area contributed by atoms with Gasteiger partial charge in [-0.3, -0.25) is 4.79 Å². The third-order valence-electron chi connectivity index (χ3n) is 4.19. The van der Waals surface area contributed by atoms with E-state index in [0.717, 1.165) is 24.1 Å². The van der Waals surface area contributed by atoms with Crippen LogP contribution in [0.3, 0.4) is 0 Å². The van der Waals surface area contributed by atoms with Crippen LogP contribution in [0, 0.1) is 5.92 Å². The molecule has 1 aromatic heterocycles. The Balaban J connectivity index is 2.04. The molecule has 2 heterocycles. The van der Waals surface area contributed by atoms with Crippen LogP contribution in [-0.2, 0) is 17.7 Å². The molecular formula is C18H28N2O3. The molecule has 1 unspecified atom stereocenters. The van der Waals surface area contributed by atoms with Crippen molar-refractivity contribution in [2.45, 2.75) is 65.5 Å². The number of pyridine rings is 1. The Hall–Kier alpha value is -1.78. The summed E-state index contributed by atoms with van der Waals surface area (Å²) in [5.41, 5.74) is 1.78. The molecular weight excluding hydrogens is 292 g/mol. The number of alkyl carbamates (subject to hydrolysis) is 1. The summed E-state index contributed by atoms with van der Waals surface area (Å²) in [7, 11) is 0.